The number of hydrogen-bond donors (Lipinski definition) is 3. The highest BCUT2D eigenvalue weighted by Gasteiger charge is 2.26. The van der Waals surface area contributed by atoms with Crippen LogP contribution in [0.3, 0.4) is 0 Å². The van der Waals surface area contributed by atoms with Crippen LogP contribution in [0.1, 0.15) is 53.6 Å². The maximum Gasteiger partial charge on any atom is 0.224 e. The van der Waals surface area contributed by atoms with Crippen molar-refractivity contribution in [2.24, 2.45) is 0 Å². The van der Waals surface area contributed by atoms with E-state index in [1.807, 2.05) is 0 Å². The van der Waals surface area contributed by atoms with Gasteiger partial charge in [-0.2, -0.15) is 0 Å². The zero-order chi connectivity index (χ0) is 25.5. The molecule has 0 fully saturated rings. The first kappa shape index (κ1) is 25.9. The average Bonchev–Trinajstić information content (AvgIpc) is 2.86. The Balaban J connectivity index is 1.47. The SMILES string of the molecule is CCc1ccc2c(c1)[C@H](NC[C@H](O)[C@H](Cc1cc(F)cc(F)c1)NC(=O)Cc1cccnc1)CCC2. The van der Waals surface area contributed by atoms with Crippen LogP contribution in [0.4, 0.5) is 8.78 Å². The number of benzene rings is 2. The maximum absolute atomic E-state index is 13.8. The number of nitrogens with one attached hydrogen (secondary N) is 2. The highest BCUT2D eigenvalue weighted by atomic mass is 19.1. The summed E-state index contributed by atoms with van der Waals surface area (Å²) in [7, 11) is 0. The number of hydrogen-bond acceptors (Lipinski definition) is 4. The Morgan fingerprint density at radius 1 is 1.11 bits per heavy atom. The minimum absolute atomic E-state index is 0.0948. The first-order valence-electron chi connectivity index (χ1n) is 12.6. The van der Waals surface area contributed by atoms with Crippen molar-refractivity contribution in [2.75, 3.05) is 6.54 Å². The van der Waals surface area contributed by atoms with E-state index >= 15 is 0 Å². The fourth-order valence-corrected chi connectivity index (χ4v) is 4.90. The molecule has 1 aliphatic rings. The van der Waals surface area contributed by atoms with Crippen LogP contribution in [0.25, 0.3) is 0 Å². The summed E-state index contributed by atoms with van der Waals surface area (Å²) in [5.41, 5.74) is 4.97. The second-order valence-electron chi connectivity index (χ2n) is 9.50. The highest BCUT2D eigenvalue weighted by molar-refractivity contribution is 5.78. The molecule has 0 saturated carbocycles. The zero-order valence-corrected chi connectivity index (χ0v) is 20.5. The lowest BCUT2D eigenvalue weighted by molar-refractivity contribution is -0.122. The Morgan fingerprint density at radius 3 is 2.64 bits per heavy atom. The van der Waals surface area contributed by atoms with Crippen LogP contribution in [0, 0.1) is 11.6 Å². The van der Waals surface area contributed by atoms with Crippen LogP contribution in [-0.4, -0.2) is 34.7 Å². The van der Waals surface area contributed by atoms with Crippen LogP contribution < -0.4 is 10.6 Å². The summed E-state index contributed by atoms with van der Waals surface area (Å²) in [4.78, 5) is 16.8. The number of aryl methyl sites for hydroxylation is 2. The molecule has 1 amide bonds. The molecule has 7 heteroatoms. The fourth-order valence-electron chi connectivity index (χ4n) is 4.90. The summed E-state index contributed by atoms with van der Waals surface area (Å²) < 4.78 is 27.6. The number of aromatic nitrogens is 1. The van der Waals surface area contributed by atoms with Crippen molar-refractivity contribution >= 4 is 5.91 Å². The van der Waals surface area contributed by atoms with Gasteiger partial charge in [-0.3, -0.25) is 9.78 Å². The largest absolute Gasteiger partial charge is 0.390 e. The zero-order valence-electron chi connectivity index (χ0n) is 20.5. The van der Waals surface area contributed by atoms with Crippen molar-refractivity contribution < 1.29 is 18.7 Å². The molecule has 2 aromatic carbocycles. The molecule has 0 bridgehead atoms. The number of pyridine rings is 1. The lowest BCUT2D eigenvalue weighted by atomic mass is 9.86. The molecule has 1 aromatic heterocycles. The van der Waals surface area contributed by atoms with E-state index < -0.39 is 23.8 Å². The maximum atomic E-state index is 13.8. The van der Waals surface area contributed by atoms with Gasteiger partial charge in [-0.1, -0.05) is 31.2 Å². The molecule has 36 heavy (non-hydrogen) atoms. The predicted octanol–water partition coefficient (Wildman–Crippen LogP) is 4.22. The van der Waals surface area contributed by atoms with Gasteiger partial charge in [0.05, 0.1) is 18.6 Å². The number of amides is 1. The quantitative estimate of drug-likeness (QED) is 0.395. The predicted molar refractivity (Wildman–Crippen MR) is 135 cm³/mol. The van der Waals surface area contributed by atoms with E-state index in [1.165, 1.54) is 28.8 Å². The van der Waals surface area contributed by atoms with Crippen LogP contribution in [0.15, 0.2) is 60.9 Å². The van der Waals surface area contributed by atoms with E-state index in [1.54, 1.807) is 24.5 Å². The van der Waals surface area contributed by atoms with Crippen molar-refractivity contribution in [3.63, 3.8) is 0 Å². The topological polar surface area (TPSA) is 74.2 Å². The second-order valence-corrected chi connectivity index (χ2v) is 9.50. The van der Waals surface area contributed by atoms with E-state index in [-0.39, 0.29) is 31.3 Å². The number of nitrogens with zero attached hydrogens (tertiary/aromatic N) is 1. The van der Waals surface area contributed by atoms with Crippen molar-refractivity contribution in [3.8, 4) is 0 Å². The summed E-state index contributed by atoms with van der Waals surface area (Å²) >= 11 is 0. The molecule has 5 nitrogen and oxygen atoms in total. The molecule has 1 heterocycles. The molecule has 0 saturated heterocycles. The number of halogens is 2. The summed E-state index contributed by atoms with van der Waals surface area (Å²) in [6.07, 6.45) is 6.48. The first-order chi connectivity index (χ1) is 17.4. The second kappa shape index (κ2) is 12.2. The van der Waals surface area contributed by atoms with Gasteiger partial charge in [-0.05, 0) is 78.1 Å². The van der Waals surface area contributed by atoms with Gasteiger partial charge in [0.25, 0.3) is 0 Å². The summed E-state index contributed by atoms with van der Waals surface area (Å²) in [6.45, 7) is 2.36. The number of fused-ring (bicyclic) bond motifs is 1. The van der Waals surface area contributed by atoms with E-state index in [4.69, 9.17) is 0 Å². The standard InChI is InChI=1S/C29H33F2N3O2/c1-2-19-8-9-22-6-3-7-26(25(22)13-19)33-18-28(35)27(14-21-11-23(30)16-24(31)12-21)34-29(36)15-20-5-4-10-32-17-20/h4-5,8-13,16-17,26-28,33,35H,2-3,6-7,14-15,18H2,1H3,(H,34,36)/t26-,27+,28+/m1/s1. The fraction of sp³-hybridized carbons (Fsp3) is 0.379. The van der Waals surface area contributed by atoms with Crippen molar-refractivity contribution in [2.45, 2.75) is 63.6 Å². The molecule has 4 rings (SSSR count). The molecular weight excluding hydrogens is 460 g/mol. The average molecular weight is 494 g/mol. The number of rotatable bonds is 10. The van der Waals surface area contributed by atoms with E-state index in [0.29, 0.717) is 5.56 Å². The molecule has 0 unspecified atom stereocenters. The molecule has 3 aromatic rings. The van der Waals surface area contributed by atoms with Crippen molar-refractivity contribution in [1.29, 1.82) is 0 Å². The van der Waals surface area contributed by atoms with Crippen molar-refractivity contribution in [1.82, 2.24) is 15.6 Å². The van der Waals surface area contributed by atoms with Crippen LogP contribution in [0.2, 0.25) is 0 Å². The lowest BCUT2D eigenvalue weighted by Crippen LogP contribution is -2.49. The summed E-state index contributed by atoms with van der Waals surface area (Å²) in [5, 5.41) is 17.5. The third-order valence-electron chi connectivity index (χ3n) is 6.78. The van der Waals surface area contributed by atoms with Gasteiger partial charge in [-0.15, -0.1) is 0 Å². The minimum Gasteiger partial charge on any atom is -0.390 e. The van der Waals surface area contributed by atoms with Gasteiger partial charge in [-0.25, -0.2) is 8.78 Å². The molecule has 190 valence electrons. The Labute approximate surface area is 211 Å². The van der Waals surface area contributed by atoms with Crippen LogP contribution in [0.5, 0.6) is 0 Å². The van der Waals surface area contributed by atoms with E-state index in [0.717, 1.165) is 37.3 Å². The van der Waals surface area contributed by atoms with E-state index in [9.17, 15) is 18.7 Å². The smallest absolute Gasteiger partial charge is 0.224 e. The Bertz CT molecular complexity index is 1150. The Morgan fingerprint density at radius 2 is 1.92 bits per heavy atom. The highest BCUT2D eigenvalue weighted by Crippen LogP contribution is 2.30. The number of carbonyl (C=O) groups is 1. The summed E-state index contributed by atoms with van der Waals surface area (Å²) in [6, 6.07) is 12.8. The third-order valence-corrected chi connectivity index (χ3v) is 6.78. The van der Waals surface area contributed by atoms with Crippen LogP contribution >= 0.6 is 0 Å². The van der Waals surface area contributed by atoms with Gasteiger partial charge in [0, 0.05) is 31.0 Å². The molecule has 0 aliphatic heterocycles. The molecular formula is C29H33F2N3O2. The Hall–Kier alpha value is -3.16. The monoisotopic (exact) mass is 493 g/mol. The number of aliphatic hydroxyl groups excluding tert-OH is 1. The van der Waals surface area contributed by atoms with Gasteiger partial charge < -0.3 is 15.7 Å². The molecule has 0 radical (unpaired) electrons. The molecule has 3 N–H and O–H groups in total. The van der Waals surface area contributed by atoms with E-state index in [2.05, 4.69) is 40.7 Å². The Kier molecular flexibility index (Phi) is 8.78. The van der Waals surface area contributed by atoms with Gasteiger partial charge in [0.1, 0.15) is 11.6 Å². The molecule has 3 atom stereocenters. The van der Waals surface area contributed by atoms with Gasteiger partial charge in [0.2, 0.25) is 5.91 Å². The van der Waals surface area contributed by atoms with Crippen molar-refractivity contribution in [3.05, 3.63) is 100 Å². The molecule has 0 spiro atoms. The normalized spacial score (nSPS) is 16.7. The first-order valence-corrected chi connectivity index (χ1v) is 12.6. The third kappa shape index (κ3) is 6.95. The summed E-state index contributed by atoms with van der Waals surface area (Å²) in [5.74, 6) is -1.67. The van der Waals surface area contributed by atoms with Crippen LogP contribution in [-0.2, 0) is 30.5 Å². The number of carbonyl (C=O) groups excluding carboxylic acids is 1. The minimum atomic E-state index is -0.964. The van der Waals surface area contributed by atoms with Gasteiger partial charge >= 0.3 is 0 Å². The molecule has 1 aliphatic carbocycles. The number of aliphatic hydroxyl groups is 1. The lowest BCUT2D eigenvalue weighted by Gasteiger charge is -2.30. The van der Waals surface area contributed by atoms with Gasteiger partial charge in [0.15, 0.2) is 0 Å².